The zero-order chi connectivity index (χ0) is 23.7. The van der Waals surface area contributed by atoms with Gasteiger partial charge in [0, 0.05) is 23.8 Å². The highest BCUT2D eigenvalue weighted by molar-refractivity contribution is 6.32. The standard InChI is InChI=1S/C24H19Cl2N5O2/c1-14-11-12-28-13-19(14)30(2)24(33)21-20(23(27)32)22(15-7-9-16(25)10-8-15)31(29-21)18-6-4-3-5-17(18)26/h3-13H,1-2H3,(H2,27,32). The maximum absolute atomic E-state index is 13.6. The van der Waals surface area contributed by atoms with E-state index in [-0.39, 0.29) is 11.3 Å². The fourth-order valence-corrected chi connectivity index (χ4v) is 3.89. The largest absolute Gasteiger partial charge is 0.365 e. The van der Waals surface area contributed by atoms with E-state index in [1.807, 2.05) is 6.92 Å². The van der Waals surface area contributed by atoms with Crippen molar-refractivity contribution in [2.45, 2.75) is 6.92 Å². The van der Waals surface area contributed by atoms with E-state index in [0.29, 0.717) is 32.7 Å². The highest BCUT2D eigenvalue weighted by atomic mass is 35.5. The molecule has 166 valence electrons. The lowest BCUT2D eigenvalue weighted by Gasteiger charge is -2.18. The molecule has 0 aliphatic rings. The number of hydrogen-bond donors (Lipinski definition) is 1. The fourth-order valence-electron chi connectivity index (χ4n) is 3.55. The molecule has 4 aromatic rings. The maximum atomic E-state index is 13.6. The minimum absolute atomic E-state index is 0.0179. The molecule has 2 aromatic carbocycles. The first-order valence-electron chi connectivity index (χ1n) is 9.92. The summed E-state index contributed by atoms with van der Waals surface area (Å²) in [5.74, 6) is -1.31. The SMILES string of the molecule is Cc1ccncc1N(C)C(=O)c1nn(-c2ccccc2Cl)c(-c2ccc(Cl)cc2)c1C(N)=O. The Morgan fingerprint density at radius 1 is 1.03 bits per heavy atom. The molecule has 0 spiro atoms. The molecule has 2 aromatic heterocycles. The van der Waals surface area contributed by atoms with Crippen molar-refractivity contribution in [3.05, 3.63) is 93.9 Å². The van der Waals surface area contributed by atoms with Crippen molar-refractivity contribution in [1.29, 1.82) is 0 Å². The molecule has 4 rings (SSSR count). The monoisotopic (exact) mass is 479 g/mol. The molecule has 0 unspecified atom stereocenters. The maximum Gasteiger partial charge on any atom is 0.279 e. The van der Waals surface area contributed by atoms with Crippen molar-refractivity contribution in [1.82, 2.24) is 14.8 Å². The number of aryl methyl sites for hydroxylation is 1. The molecule has 0 bridgehead atoms. The van der Waals surface area contributed by atoms with E-state index >= 15 is 0 Å². The van der Waals surface area contributed by atoms with Crippen LogP contribution in [0.5, 0.6) is 0 Å². The van der Waals surface area contributed by atoms with E-state index in [2.05, 4.69) is 10.1 Å². The number of carbonyl (C=O) groups is 2. The van der Waals surface area contributed by atoms with Crippen molar-refractivity contribution in [2.24, 2.45) is 5.73 Å². The predicted octanol–water partition coefficient (Wildman–Crippen LogP) is 4.93. The first-order chi connectivity index (χ1) is 15.8. The van der Waals surface area contributed by atoms with Gasteiger partial charge in [-0.3, -0.25) is 14.6 Å². The molecule has 33 heavy (non-hydrogen) atoms. The summed E-state index contributed by atoms with van der Waals surface area (Å²) >= 11 is 12.5. The minimum Gasteiger partial charge on any atom is -0.365 e. The molecule has 2 heterocycles. The number of nitrogens with zero attached hydrogens (tertiary/aromatic N) is 4. The van der Waals surface area contributed by atoms with Gasteiger partial charge in [0.25, 0.3) is 11.8 Å². The Morgan fingerprint density at radius 3 is 2.36 bits per heavy atom. The average Bonchev–Trinajstić information content (AvgIpc) is 3.20. The predicted molar refractivity (Wildman–Crippen MR) is 129 cm³/mol. The fraction of sp³-hybridized carbons (Fsp3) is 0.0833. The van der Waals surface area contributed by atoms with Gasteiger partial charge in [-0.05, 0) is 42.8 Å². The van der Waals surface area contributed by atoms with Crippen molar-refractivity contribution >= 4 is 40.7 Å². The summed E-state index contributed by atoms with van der Waals surface area (Å²) in [6, 6.07) is 15.6. The Balaban J connectivity index is 1.99. The number of anilines is 1. The summed E-state index contributed by atoms with van der Waals surface area (Å²) in [6.45, 7) is 1.86. The third-order valence-electron chi connectivity index (χ3n) is 5.21. The van der Waals surface area contributed by atoms with Gasteiger partial charge in [0.05, 0.1) is 33.9 Å². The van der Waals surface area contributed by atoms with Gasteiger partial charge in [-0.1, -0.05) is 47.5 Å². The van der Waals surface area contributed by atoms with Crippen LogP contribution in [-0.2, 0) is 0 Å². The number of aromatic nitrogens is 3. The molecule has 0 radical (unpaired) electrons. The van der Waals surface area contributed by atoms with Crippen LogP contribution in [0.4, 0.5) is 5.69 Å². The van der Waals surface area contributed by atoms with Gasteiger partial charge in [0.15, 0.2) is 5.69 Å². The van der Waals surface area contributed by atoms with Crippen LogP contribution in [-0.4, -0.2) is 33.6 Å². The second-order valence-electron chi connectivity index (χ2n) is 7.33. The van der Waals surface area contributed by atoms with E-state index in [0.717, 1.165) is 5.56 Å². The molecule has 7 nitrogen and oxygen atoms in total. The van der Waals surface area contributed by atoms with E-state index in [4.69, 9.17) is 28.9 Å². The highest BCUT2D eigenvalue weighted by Gasteiger charge is 2.31. The summed E-state index contributed by atoms with van der Waals surface area (Å²) in [5, 5.41) is 5.43. The normalized spacial score (nSPS) is 10.8. The van der Waals surface area contributed by atoms with Crippen molar-refractivity contribution in [2.75, 3.05) is 11.9 Å². The zero-order valence-corrected chi connectivity index (χ0v) is 19.3. The van der Waals surface area contributed by atoms with Gasteiger partial charge in [0.2, 0.25) is 0 Å². The molecule has 0 aliphatic heterocycles. The third-order valence-corrected chi connectivity index (χ3v) is 5.78. The number of pyridine rings is 1. The summed E-state index contributed by atoms with van der Waals surface area (Å²) in [4.78, 5) is 31.7. The minimum atomic E-state index is -0.794. The molecule has 2 N–H and O–H groups in total. The van der Waals surface area contributed by atoms with Crippen LogP contribution >= 0.6 is 23.2 Å². The number of rotatable bonds is 5. The summed E-state index contributed by atoms with van der Waals surface area (Å²) in [7, 11) is 1.59. The number of para-hydroxylation sites is 1. The van der Waals surface area contributed by atoms with Crippen molar-refractivity contribution in [3.8, 4) is 16.9 Å². The quantitative estimate of drug-likeness (QED) is 0.439. The van der Waals surface area contributed by atoms with Crippen LogP contribution in [0, 0.1) is 6.92 Å². The van der Waals surface area contributed by atoms with Crippen LogP contribution in [0.1, 0.15) is 26.4 Å². The molecule has 0 saturated heterocycles. The van der Waals surface area contributed by atoms with E-state index in [1.54, 1.807) is 74.0 Å². The molecule has 0 atom stereocenters. The van der Waals surface area contributed by atoms with Crippen molar-refractivity contribution < 1.29 is 9.59 Å². The summed E-state index contributed by atoms with van der Waals surface area (Å²) in [6.07, 6.45) is 3.21. The van der Waals surface area contributed by atoms with E-state index in [9.17, 15) is 9.59 Å². The topological polar surface area (TPSA) is 94.1 Å². The molecule has 9 heteroatoms. The van der Waals surface area contributed by atoms with Gasteiger partial charge in [-0.25, -0.2) is 4.68 Å². The molecule has 2 amide bonds. The number of carbonyl (C=O) groups excluding carboxylic acids is 2. The van der Waals surface area contributed by atoms with Gasteiger partial charge >= 0.3 is 0 Å². The number of halogens is 2. The van der Waals surface area contributed by atoms with Gasteiger partial charge in [0.1, 0.15) is 0 Å². The van der Waals surface area contributed by atoms with Crippen molar-refractivity contribution in [3.63, 3.8) is 0 Å². The number of amides is 2. The smallest absolute Gasteiger partial charge is 0.279 e. The summed E-state index contributed by atoms with van der Waals surface area (Å²) in [5.41, 5.74) is 8.52. The van der Waals surface area contributed by atoms with Crippen LogP contribution < -0.4 is 10.6 Å². The number of benzene rings is 2. The third kappa shape index (κ3) is 4.20. The number of primary amides is 1. The van der Waals surface area contributed by atoms with Gasteiger partial charge < -0.3 is 10.6 Å². The zero-order valence-electron chi connectivity index (χ0n) is 17.8. The van der Waals surface area contributed by atoms with Crippen LogP contribution in [0.15, 0.2) is 67.0 Å². The second-order valence-corrected chi connectivity index (χ2v) is 8.18. The summed E-state index contributed by atoms with van der Waals surface area (Å²) < 4.78 is 1.46. The first-order valence-corrected chi connectivity index (χ1v) is 10.7. The molecule has 0 saturated carbocycles. The lowest BCUT2D eigenvalue weighted by Crippen LogP contribution is -2.29. The number of hydrogen-bond acceptors (Lipinski definition) is 4. The van der Waals surface area contributed by atoms with Gasteiger partial charge in [-0.15, -0.1) is 0 Å². The van der Waals surface area contributed by atoms with Crippen LogP contribution in [0.2, 0.25) is 10.0 Å². The Kier molecular flexibility index (Phi) is 6.18. The Morgan fingerprint density at radius 2 is 1.73 bits per heavy atom. The highest BCUT2D eigenvalue weighted by Crippen LogP contribution is 2.33. The molecular formula is C24H19Cl2N5O2. The second kappa shape index (κ2) is 9.05. The van der Waals surface area contributed by atoms with E-state index in [1.165, 1.54) is 9.58 Å². The molecular weight excluding hydrogens is 461 g/mol. The number of nitrogens with two attached hydrogens (primary N) is 1. The van der Waals surface area contributed by atoms with Crippen LogP contribution in [0.3, 0.4) is 0 Å². The first kappa shape index (κ1) is 22.5. The Labute approximate surface area is 200 Å². The van der Waals surface area contributed by atoms with Crippen LogP contribution in [0.25, 0.3) is 16.9 Å². The molecule has 0 fully saturated rings. The van der Waals surface area contributed by atoms with Gasteiger partial charge in [-0.2, -0.15) is 5.10 Å². The average molecular weight is 480 g/mol. The van der Waals surface area contributed by atoms with E-state index < -0.39 is 11.8 Å². The Bertz CT molecular complexity index is 1370. The lowest BCUT2D eigenvalue weighted by molar-refractivity contribution is 0.0961. The molecule has 0 aliphatic carbocycles. The lowest BCUT2D eigenvalue weighted by atomic mass is 10.0. The Hall–Kier alpha value is -3.68.